The Balaban J connectivity index is 2.69. The topological polar surface area (TPSA) is 44.8 Å². The molecule has 0 heterocycles. The van der Waals surface area contributed by atoms with Crippen molar-refractivity contribution in [3.63, 3.8) is 0 Å². The number of methoxy groups -OCH3 is 1. The van der Waals surface area contributed by atoms with E-state index in [1.165, 1.54) is 0 Å². The van der Waals surface area contributed by atoms with E-state index in [0.29, 0.717) is 12.9 Å². The Bertz CT molecular complexity index is 407. The Morgan fingerprint density at radius 2 is 1.53 bits per heavy atom. The molecule has 0 aliphatic carbocycles. The highest BCUT2D eigenvalue weighted by molar-refractivity contribution is 5.38. The molecule has 0 saturated heterocycles. The molecule has 4 heteroatoms. The van der Waals surface area contributed by atoms with Crippen molar-refractivity contribution in [2.75, 3.05) is 7.11 Å². The summed E-state index contributed by atoms with van der Waals surface area (Å²) in [6.07, 6.45) is 0.588. The number of rotatable bonds is 7. The third-order valence-corrected chi connectivity index (χ3v) is 2.67. The second-order valence-corrected chi connectivity index (χ2v) is 5.69. The van der Waals surface area contributed by atoms with Crippen molar-refractivity contribution < 1.29 is 19.0 Å². The highest BCUT2D eigenvalue weighted by atomic mass is 16.5. The summed E-state index contributed by atoms with van der Waals surface area (Å²) < 4.78 is 16.1. The average Bonchev–Trinajstić information content (AvgIpc) is 2.27. The molecule has 4 nitrogen and oxygen atoms in total. The number of hydrogen-bond donors (Lipinski definition) is 0. The van der Waals surface area contributed by atoms with Gasteiger partial charge in [-0.3, -0.25) is 4.79 Å². The fraction of sp³-hybridized carbons (Fsp3) is 0.533. The van der Waals surface area contributed by atoms with Crippen LogP contribution in [0.2, 0.25) is 0 Å². The van der Waals surface area contributed by atoms with Crippen LogP contribution in [0, 0.1) is 0 Å². The van der Waals surface area contributed by atoms with E-state index in [0.717, 1.165) is 11.5 Å². The van der Waals surface area contributed by atoms with Crippen molar-refractivity contribution in [3.8, 4) is 11.5 Å². The number of ether oxygens (including phenoxy) is 3. The van der Waals surface area contributed by atoms with Gasteiger partial charge >= 0.3 is 0 Å². The maximum Gasteiger partial charge on any atom is 0.293 e. The van der Waals surface area contributed by atoms with Gasteiger partial charge in [0.05, 0.1) is 7.11 Å². The molecule has 106 valence electrons. The van der Waals surface area contributed by atoms with Gasteiger partial charge in [-0.15, -0.1) is 0 Å². The molecule has 0 spiro atoms. The van der Waals surface area contributed by atoms with E-state index in [1.54, 1.807) is 7.11 Å². The molecular weight excluding hydrogens is 244 g/mol. The summed E-state index contributed by atoms with van der Waals surface area (Å²) >= 11 is 0. The van der Waals surface area contributed by atoms with Crippen LogP contribution in [0.4, 0.5) is 0 Å². The lowest BCUT2D eigenvalue weighted by molar-refractivity contribution is -0.144. The predicted octanol–water partition coefficient (Wildman–Crippen LogP) is 3.19. The molecule has 0 saturated carbocycles. The zero-order valence-corrected chi connectivity index (χ0v) is 12.2. The van der Waals surface area contributed by atoms with E-state index in [9.17, 15) is 4.79 Å². The smallest absolute Gasteiger partial charge is 0.293 e. The number of carbonyl (C=O) groups is 1. The average molecular weight is 266 g/mol. The maximum absolute atomic E-state index is 10.5. The first-order chi connectivity index (χ1) is 8.78. The molecule has 0 unspecified atom stereocenters. The zero-order chi connectivity index (χ0) is 14.5. The molecule has 1 rings (SSSR count). The van der Waals surface area contributed by atoms with E-state index in [4.69, 9.17) is 14.2 Å². The third-order valence-electron chi connectivity index (χ3n) is 2.67. The minimum atomic E-state index is -0.558. The Kier molecular flexibility index (Phi) is 4.81. The lowest BCUT2D eigenvalue weighted by Crippen LogP contribution is -2.39. The molecule has 0 amide bonds. The standard InChI is InChI=1S/C15H22O4/c1-14(2,18-11-16)10-15(3,4)19-13-8-6-12(17-5)7-9-13/h6-9,11H,10H2,1-5H3. The van der Waals surface area contributed by atoms with E-state index in [-0.39, 0.29) is 0 Å². The molecule has 0 aliphatic rings. The van der Waals surface area contributed by atoms with Gasteiger partial charge in [-0.05, 0) is 52.0 Å². The molecule has 0 fully saturated rings. The van der Waals surface area contributed by atoms with Crippen LogP contribution in [-0.4, -0.2) is 24.8 Å². The first-order valence-corrected chi connectivity index (χ1v) is 6.22. The molecule has 19 heavy (non-hydrogen) atoms. The molecule has 0 atom stereocenters. The summed E-state index contributed by atoms with van der Waals surface area (Å²) in [5.74, 6) is 1.54. The van der Waals surface area contributed by atoms with Gasteiger partial charge in [0.15, 0.2) is 0 Å². The van der Waals surface area contributed by atoms with E-state index in [2.05, 4.69) is 0 Å². The summed E-state index contributed by atoms with van der Waals surface area (Å²) in [6.45, 7) is 8.13. The molecule has 1 aromatic rings. The van der Waals surface area contributed by atoms with Crippen molar-refractivity contribution in [1.29, 1.82) is 0 Å². The molecule has 0 aromatic heterocycles. The van der Waals surface area contributed by atoms with Crippen LogP contribution in [0.3, 0.4) is 0 Å². The van der Waals surface area contributed by atoms with Crippen LogP contribution in [0.25, 0.3) is 0 Å². The second-order valence-electron chi connectivity index (χ2n) is 5.69. The second kappa shape index (κ2) is 5.95. The predicted molar refractivity (Wildman–Crippen MR) is 73.5 cm³/mol. The Hall–Kier alpha value is -1.71. The summed E-state index contributed by atoms with van der Waals surface area (Å²) in [6, 6.07) is 7.40. The van der Waals surface area contributed by atoms with Gasteiger partial charge in [0.25, 0.3) is 6.47 Å². The van der Waals surface area contributed by atoms with Crippen molar-refractivity contribution in [1.82, 2.24) is 0 Å². The maximum atomic E-state index is 10.5. The van der Waals surface area contributed by atoms with Crippen LogP contribution in [0.1, 0.15) is 34.1 Å². The van der Waals surface area contributed by atoms with Crippen LogP contribution < -0.4 is 9.47 Å². The van der Waals surface area contributed by atoms with Crippen molar-refractivity contribution >= 4 is 6.47 Å². The number of hydrogen-bond acceptors (Lipinski definition) is 4. The van der Waals surface area contributed by atoms with Gasteiger partial charge in [0.2, 0.25) is 0 Å². The summed E-state index contributed by atoms with van der Waals surface area (Å²) in [5, 5.41) is 0. The van der Waals surface area contributed by atoms with E-state index in [1.807, 2.05) is 52.0 Å². The van der Waals surface area contributed by atoms with Gasteiger partial charge in [-0.1, -0.05) is 0 Å². The van der Waals surface area contributed by atoms with Crippen LogP contribution in [-0.2, 0) is 9.53 Å². The van der Waals surface area contributed by atoms with Gasteiger partial charge < -0.3 is 14.2 Å². The third kappa shape index (κ3) is 5.20. The normalized spacial score (nSPS) is 11.8. The highest BCUT2D eigenvalue weighted by Gasteiger charge is 2.31. The van der Waals surface area contributed by atoms with Crippen molar-refractivity contribution in [3.05, 3.63) is 24.3 Å². The van der Waals surface area contributed by atoms with Crippen LogP contribution >= 0.6 is 0 Å². The monoisotopic (exact) mass is 266 g/mol. The molecule has 0 radical (unpaired) electrons. The van der Waals surface area contributed by atoms with E-state index < -0.39 is 11.2 Å². The first kappa shape index (κ1) is 15.3. The Morgan fingerprint density at radius 1 is 1.00 bits per heavy atom. The highest BCUT2D eigenvalue weighted by Crippen LogP contribution is 2.28. The van der Waals surface area contributed by atoms with Gasteiger partial charge in [-0.2, -0.15) is 0 Å². The minimum absolute atomic E-state index is 0.443. The fourth-order valence-corrected chi connectivity index (χ4v) is 2.20. The largest absolute Gasteiger partial charge is 0.497 e. The lowest BCUT2D eigenvalue weighted by atomic mass is 9.92. The molecule has 1 aromatic carbocycles. The molecule has 0 N–H and O–H groups in total. The molecule has 0 bridgehead atoms. The molecule has 0 aliphatic heterocycles. The summed E-state index contributed by atoms with van der Waals surface area (Å²) in [5.41, 5.74) is -1.00. The Labute approximate surface area is 114 Å². The van der Waals surface area contributed by atoms with E-state index >= 15 is 0 Å². The van der Waals surface area contributed by atoms with Gasteiger partial charge in [0, 0.05) is 6.42 Å². The van der Waals surface area contributed by atoms with Crippen LogP contribution in [0.15, 0.2) is 24.3 Å². The Morgan fingerprint density at radius 3 is 2.00 bits per heavy atom. The SMILES string of the molecule is COc1ccc(OC(C)(C)CC(C)(C)OC=O)cc1. The fourth-order valence-electron chi connectivity index (χ4n) is 2.20. The first-order valence-electron chi connectivity index (χ1n) is 6.22. The molecular formula is C15H22O4. The van der Waals surface area contributed by atoms with Crippen molar-refractivity contribution in [2.45, 2.75) is 45.3 Å². The number of benzene rings is 1. The summed E-state index contributed by atoms with van der Waals surface area (Å²) in [4.78, 5) is 10.5. The summed E-state index contributed by atoms with van der Waals surface area (Å²) in [7, 11) is 1.62. The van der Waals surface area contributed by atoms with Crippen LogP contribution in [0.5, 0.6) is 11.5 Å². The zero-order valence-electron chi connectivity index (χ0n) is 12.2. The van der Waals surface area contributed by atoms with Gasteiger partial charge in [-0.25, -0.2) is 0 Å². The quantitative estimate of drug-likeness (QED) is 0.711. The van der Waals surface area contributed by atoms with Crippen molar-refractivity contribution in [2.24, 2.45) is 0 Å². The van der Waals surface area contributed by atoms with Gasteiger partial charge in [0.1, 0.15) is 22.7 Å². The minimum Gasteiger partial charge on any atom is -0.497 e. The lowest BCUT2D eigenvalue weighted by Gasteiger charge is -2.34. The number of carbonyl (C=O) groups excluding carboxylic acids is 1.